The number of ether oxygens (including phenoxy) is 1. The topological polar surface area (TPSA) is 62.3 Å². The third-order valence-electron chi connectivity index (χ3n) is 5.14. The molecule has 164 valence electrons. The number of nitrogens with one attached hydrogen (secondary N) is 2. The molecule has 0 aliphatic carbocycles. The van der Waals surface area contributed by atoms with Crippen molar-refractivity contribution in [3.8, 4) is 5.75 Å². The molecule has 0 radical (unpaired) electrons. The Balaban J connectivity index is 1.16. The van der Waals surface area contributed by atoms with Crippen LogP contribution in [0.15, 0.2) is 48.5 Å². The molecular formula is C23H28ClN5OS. The molecule has 0 amide bonds. The van der Waals surface area contributed by atoms with E-state index in [1.54, 1.807) is 0 Å². The highest BCUT2D eigenvalue weighted by molar-refractivity contribution is 7.19. The summed E-state index contributed by atoms with van der Waals surface area (Å²) in [6.45, 7) is 4.87. The minimum Gasteiger partial charge on any atom is -0.494 e. The standard InChI is InChI=1S/C23H28ClN5OS/c24-19-8-10-20(11-9-19)26-23-28-27-22(31-23)25-12-5-15-30-21-7-4-6-18(16-21)17-29-13-2-1-3-14-29/h4,6-11,16H,1-3,5,12-15,17H2,(H,25,27)(H,26,28). The van der Waals surface area contributed by atoms with Gasteiger partial charge in [-0.1, -0.05) is 41.5 Å². The fraction of sp³-hybridized carbons (Fsp3) is 0.391. The number of aromatic nitrogens is 2. The quantitative estimate of drug-likeness (QED) is 0.375. The summed E-state index contributed by atoms with van der Waals surface area (Å²) in [6.07, 6.45) is 4.88. The molecule has 0 unspecified atom stereocenters. The van der Waals surface area contributed by atoms with E-state index in [2.05, 4.69) is 43.9 Å². The first kappa shape index (κ1) is 21.9. The summed E-state index contributed by atoms with van der Waals surface area (Å²) in [5.74, 6) is 0.944. The first-order valence-electron chi connectivity index (χ1n) is 10.8. The van der Waals surface area contributed by atoms with Crippen LogP contribution in [0.4, 0.5) is 16.0 Å². The van der Waals surface area contributed by atoms with Crippen LogP contribution in [0.1, 0.15) is 31.2 Å². The zero-order chi connectivity index (χ0) is 21.3. The Morgan fingerprint density at radius 1 is 1.00 bits per heavy atom. The van der Waals surface area contributed by atoms with Crippen molar-refractivity contribution in [3.05, 3.63) is 59.1 Å². The van der Waals surface area contributed by atoms with Gasteiger partial charge >= 0.3 is 0 Å². The van der Waals surface area contributed by atoms with E-state index < -0.39 is 0 Å². The Hall–Kier alpha value is -2.35. The highest BCUT2D eigenvalue weighted by Gasteiger charge is 2.10. The van der Waals surface area contributed by atoms with Crippen LogP contribution < -0.4 is 15.4 Å². The van der Waals surface area contributed by atoms with Crippen molar-refractivity contribution in [2.75, 3.05) is 36.9 Å². The van der Waals surface area contributed by atoms with E-state index in [0.717, 1.165) is 41.2 Å². The van der Waals surface area contributed by atoms with Gasteiger partial charge in [0.1, 0.15) is 5.75 Å². The minimum atomic E-state index is 0.662. The number of hydrogen-bond acceptors (Lipinski definition) is 7. The van der Waals surface area contributed by atoms with Crippen LogP contribution in [0.5, 0.6) is 5.75 Å². The van der Waals surface area contributed by atoms with Gasteiger partial charge in [-0.05, 0) is 74.3 Å². The van der Waals surface area contributed by atoms with Crippen molar-refractivity contribution in [2.24, 2.45) is 0 Å². The molecule has 0 bridgehead atoms. The summed E-state index contributed by atoms with van der Waals surface area (Å²) in [6, 6.07) is 16.0. The molecule has 1 aliphatic rings. The highest BCUT2D eigenvalue weighted by Crippen LogP contribution is 2.24. The van der Waals surface area contributed by atoms with Gasteiger partial charge in [-0.2, -0.15) is 0 Å². The van der Waals surface area contributed by atoms with Crippen molar-refractivity contribution < 1.29 is 4.74 Å². The number of piperidine rings is 1. The first-order chi connectivity index (χ1) is 15.2. The van der Waals surface area contributed by atoms with E-state index in [1.807, 2.05) is 30.3 Å². The van der Waals surface area contributed by atoms with Gasteiger partial charge in [0.15, 0.2) is 0 Å². The number of halogens is 1. The van der Waals surface area contributed by atoms with Crippen LogP contribution >= 0.6 is 22.9 Å². The van der Waals surface area contributed by atoms with Gasteiger partial charge in [-0.3, -0.25) is 4.90 Å². The number of anilines is 3. The van der Waals surface area contributed by atoms with E-state index in [4.69, 9.17) is 16.3 Å². The third kappa shape index (κ3) is 7.09. The Morgan fingerprint density at radius 2 is 1.81 bits per heavy atom. The Morgan fingerprint density at radius 3 is 2.65 bits per heavy atom. The molecule has 0 spiro atoms. The number of likely N-dealkylation sites (tertiary alicyclic amines) is 1. The van der Waals surface area contributed by atoms with Crippen LogP contribution in [0.3, 0.4) is 0 Å². The van der Waals surface area contributed by atoms with Crippen LogP contribution in [-0.2, 0) is 6.54 Å². The molecule has 31 heavy (non-hydrogen) atoms. The molecule has 2 heterocycles. The van der Waals surface area contributed by atoms with Crippen LogP contribution in [0.2, 0.25) is 5.02 Å². The monoisotopic (exact) mass is 457 g/mol. The maximum Gasteiger partial charge on any atom is 0.211 e. The lowest BCUT2D eigenvalue weighted by molar-refractivity contribution is 0.220. The molecule has 1 saturated heterocycles. The second-order valence-electron chi connectivity index (χ2n) is 7.66. The highest BCUT2D eigenvalue weighted by atomic mass is 35.5. The van der Waals surface area contributed by atoms with Crippen molar-refractivity contribution >= 4 is 38.9 Å². The van der Waals surface area contributed by atoms with Crippen LogP contribution in [0.25, 0.3) is 0 Å². The molecule has 4 rings (SSSR count). The largest absolute Gasteiger partial charge is 0.494 e. The fourth-order valence-corrected chi connectivity index (χ4v) is 4.38. The van der Waals surface area contributed by atoms with Crippen molar-refractivity contribution in [1.82, 2.24) is 15.1 Å². The molecule has 3 aromatic rings. The Bertz CT molecular complexity index is 943. The SMILES string of the molecule is Clc1ccc(Nc2nnc(NCCCOc3cccc(CN4CCCCC4)c3)s2)cc1. The van der Waals surface area contributed by atoms with Gasteiger partial charge < -0.3 is 15.4 Å². The van der Waals surface area contributed by atoms with Gasteiger partial charge in [0.05, 0.1) is 6.61 Å². The Labute approximate surface area is 192 Å². The Kier molecular flexibility index (Phi) is 7.98. The minimum absolute atomic E-state index is 0.662. The van der Waals surface area contributed by atoms with Gasteiger partial charge in [-0.25, -0.2) is 0 Å². The summed E-state index contributed by atoms with van der Waals surface area (Å²) < 4.78 is 5.95. The molecule has 2 aromatic carbocycles. The van der Waals surface area contributed by atoms with Crippen LogP contribution in [-0.4, -0.2) is 41.3 Å². The predicted octanol–water partition coefficient (Wildman–Crippen LogP) is 5.80. The molecule has 2 N–H and O–H groups in total. The summed E-state index contributed by atoms with van der Waals surface area (Å²) in [4.78, 5) is 2.53. The number of nitrogens with zero attached hydrogens (tertiary/aromatic N) is 3. The van der Waals surface area contributed by atoms with E-state index in [0.29, 0.717) is 11.6 Å². The second kappa shape index (κ2) is 11.3. The van der Waals surface area contributed by atoms with Crippen LogP contribution in [0, 0.1) is 0 Å². The zero-order valence-corrected chi connectivity index (χ0v) is 19.1. The summed E-state index contributed by atoms with van der Waals surface area (Å²) in [5.41, 5.74) is 2.26. The molecule has 6 nitrogen and oxygen atoms in total. The lowest BCUT2D eigenvalue weighted by Gasteiger charge is -2.26. The van der Waals surface area contributed by atoms with Crippen molar-refractivity contribution in [1.29, 1.82) is 0 Å². The lowest BCUT2D eigenvalue weighted by atomic mass is 10.1. The van der Waals surface area contributed by atoms with Gasteiger partial charge in [0.25, 0.3) is 0 Å². The first-order valence-corrected chi connectivity index (χ1v) is 12.0. The summed E-state index contributed by atoms with van der Waals surface area (Å²) in [5, 5.41) is 17.1. The molecule has 1 aromatic heterocycles. The number of benzene rings is 2. The molecule has 1 fully saturated rings. The van der Waals surface area contributed by atoms with E-state index in [1.165, 1.54) is 49.3 Å². The van der Waals surface area contributed by atoms with Gasteiger partial charge in [0, 0.05) is 23.8 Å². The third-order valence-corrected chi connectivity index (χ3v) is 6.19. The fourth-order valence-electron chi connectivity index (χ4n) is 3.57. The molecule has 8 heteroatoms. The summed E-state index contributed by atoms with van der Waals surface area (Å²) in [7, 11) is 0. The van der Waals surface area contributed by atoms with Crippen molar-refractivity contribution in [2.45, 2.75) is 32.2 Å². The lowest BCUT2D eigenvalue weighted by Crippen LogP contribution is -2.29. The van der Waals surface area contributed by atoms with E-state index >= 15 is 0 Å². The smallest absolute Gasteiger partial charge is 0.211 e. The summed E-state index contributed by atoms with van der Waals surface area (Å²) >= 11 is 7.39. The van der Waals surface area contributed by atoms with Crippen molar-refractivity contribution in [3.63, 3.8) is 0 Å². The zero-order valence-electron chi connectivity index (χ0n) is 17.5. The van der Waals surface area contributed by atoms with Gasteiger partial charge in [-0.15, -0.1) is 10.2 Å². The molecule has 0 saturated carbocycles. The van der Waals surface area contributed by atoms with E-state index in [-0.39, 0.29) is 0 Å². The molecule has 1 aliphatic heterocycles. The number of hydrogen-bond donors (Lipinski definition) is 2. The maximum absolute atomic E-state index is 5.95. The molecular weight excluding hydrogens is 430 g/mol. The predicted molar refractivity (Wildman–Crippen MR) is 129 cm³/mol. The normalized spacial score (nSPS) is 14.4. The van der Waals surface area contributed by atoms with E-state index in [9.17, 15) is 0 Å². The van der Waals surface area contributed by atoms with Gasteiger partial charge in [0.2, 0.25) is 10.3 Å². The second-order valence-corrected chi connectivity index (χ2v) is 9.07. The number of rotatable bonds is 10. The average Bonchev–Trinajstić information content (AvgIpc) is 3.23. The maximum atomic E-state index is 5.95. The molecule has 0 atom stereocenters. The average molecular weight is 458 g/mol.